The molecule has 1 aromatic heterocycles. The van der Waals surface area contributed by atoms with Crippen LogP contribution in [0.15, 0.2) is 0 Å². The monoisotopic (exact) mass is 282 g/mol. The molecule has 0 bridgehead atoms. The van der Waals surface area contributed by atoms with Crippen LogP contribution in [0.1, 0.15) is 54.6 Å². The van der Waals surface area contributed by atoms with Gasteiger partial charge in [0.25, 0.3) is 0 Å². The van der Waals surface area contributed by atoms with Crippen LogP contribution in [0.4, 0.5) is 0 Å². The lowest BCUT2D eigenvalue weighted by molar-refractivity contribution is 0.151. The molecule has 0 aliphatic heterocycles. The van der Waals surface area contributed by atoms with E-state index in [1.807, 2.05) is 18.3 Å². The fourth-order valence-corrected chi connectivity index (χ4v) is 3.80. The molecule has 0 fully saturated rings. The van der Waals surface area contributed by atoms with Crippen LogP contribution in [-0.4, -0.2) is 31.3 Å². The highest BCUT2D eigenvalue weighted by Crippen LogP contribution is 2.34. The minimum Gasteiger partial charge on any atom is -0.381 e. The number of hydrogen-bond acceptors (Lipinski definition) is 4. The van der Waals surface area contributed by atoms with Gasteiger partial charge in [-0.15, -0.1) is 11.3 Å². The van der Waals surface area contributed by atoms with Crippen molar-refractivity contribution in [2.75, 3.05) is 26.3 Å². The van der Waals surface area contributed by atoms with E-state index in [1.165, 1.54) is 41.3 Å². The van der Waals surface area contributed by atoms with Crippen LogP contribution in [0.2, 0.25) is 0 Å². The van der Waals surface area contributed by atoms with Gasteiger partial charge < -0.3 is 10.1 Å². The summed E-state index contributed by atoms with van der Waals surface area (Å²) in [5.41, 5.74) is 1.38. The van der Waals surface area contributed by atoms with Crippen molar-refractivity contribution >= 4 is 11.3 Å². The maximum atomic E-state index is 5.43. The second-order valence-electron chi connectivity index (χ2n) is 5.16. The summed E-state index contributed by atoms with van der Waals surface area (Å²) in [5, 5.41) is 4.81. The molecule has 0 aromatic carbocycles. The van der Waals surface area contributed by atoms with Crippen LogP contribution in [0.3, 0.4) is 0 Å². The minimum absolute atomic E-state index is 0.632. The summed E-state index contributed by atoms with van der Waals surface area (Å²) in [6.45, 7) is 8.08. The molecular weight excluding hydrogens is 256 g/mol. The number of aryl methyl sites for hydroxylation is 1. The van der Waals surface area contributed by atoms with Crippen molar-refractivity contribution in [3.05, 3.63) is 15.6 Å². The molecule has 1 aromatic rings. The number of hydrogen-bond donors (Lipinski definition) is 1. The fourth-order valence-electron chi connectivity index (χ4n) is 2.62. The average Bonchev–Trinajstić information content (AvgIpc) is 2.83. The van der Waals surface area contributed by atoms with Crippen LogP contribution in [0.25, 0.3) is 0 Å². The molecule has 1 N–H and O–H groups in total. The van der Waals surface area contributed by atoms with Gasteiger partial charge >= 0.3 is 0 Å². The Balaban J connectivity index is 1.94. The Bertz CT molecular complexity index is 378. The lowest BCUT2D eigenvalue weighted by Gasteiger charge is -2.21. The molecule has 1 aliphatic rings. The van der Waals surface area contributed by atoms with E-state index in [2.05, 4.69) is 12.2 Å². The highest BCUT2D eigenvalue weighted by Gasteiger charge is 2.24. The summed E-state index contributed by atoms with van der Waals surface area (Å²) in [7, 11) is 0. The number of thiazole rings is 1. The van der Waals surface area contributed by atoms with Gasteiger partial charge in [0.2, 0.25) is 0 Å². The Labute approximate surface area is 120 Å². The van der Waals surface area contributed by atoms with Crippen molar-refractivity contribution < 1.29 is 4.74 Å². The molecule has 3 nitrogen and oxygen atoms in total. The van der Waals surface area contributed by atoms with Gasteiger partial charge in [-0.3, -0.25) is 0 Å². The number of fused-ring (bicyclic) bond motifs is 1. The van der Waals surface area contributed by atoms with E-state index in [0.717, 1.165) is 32.7 Å². The summed E-state index contributed by atoms with van der Waals surface area (Å²) in [4.78, 5) is 6.41. The summed E-state index contributed by atoms with van der Waals surface area (Å²) in [6, 6.07) is 0. The third-order valence-corrected chi connectivity index (χ3v) is 4.79. The first-order chi connectivity index (χ1) is 9.35. The van der Waals surface area contributed by atoms with Crippen LogP contribution >= 0.6 is 11.3 Å². The van der Waals surface area contributed by atoms with E-state index < -0.39 is 0 Å². The maximum absolute atomic E-state index is 5.43. The standard InChI is InChI=1S/C15H26N2OS/c1-3-9-16-11-12-6-5-7-13-15(12)17-14(19-13)8-10-18-4-2/h12,16H,3-11H2,1-2H3. The van der Waals surface area contributed by atoms with Gasteiger partial charge in [0.1, 0.15) is 0 Å². The lowest BCUT2D eigenvalue weighted by atomic mass is 9.91. The summed E-state index contributed by atoms with van der Waals surface area (Å²) < 4.78 is 5.43. The quantitative estimate of drug-likeness (QED) is 0.744. The van der Waals surface area contributed by atoms with E-state index in [0.29, 0.717) is 5.92 Å². The van der Waals surface area contributed by atoms with Gasteiger partial charge in [0, 0.05) is 30.4 Å². The normalized spacial score (nSPS) is 18.5. The number of nitrogens with one attached hydrogen (secondary N) is 1. The topological polar surface area (TPSA) is 34.1 Å². The van der Waals surface area contributed by atoms with Gasteiger partial charge in [0.15, 0.2) is 0 Å². The van der Waals surface area contributed by atoms with Crippen LogP contribution in [-0.2, 0) is 17.6 Å². The Morgan fingerprint density at radius 2 is 2.32 bits per heavy atom. The van der Waals surface area contributed by atoms with Crippen LogP contribution in [0.5, 0.6) is 0 Å². The van der Waals surface area contributed by atoms with Crippen molar-refractivity contribution in [3.63, 3.8) is 0 Å². The molecule has 4 heteroatoms. The first kappa shape index (κ1) is 14.9. The molecular formula is C15H26N2OS. The fraction of sp³-hybridized carbons (Fsp3) is 0.800. The molecule has 0 saturated carbocycles. The largest absolute Gasteiger partial charge is 0.381 e. The average molecular weight is 282 g/mol. The smallest absolute Gasteiger partial charge is 0.0954 e. The van der Waals surface area contributed by atoms with Crippen molar-refractivity contribution in [2.45, 2.75) is 51.9 Å². The van der Waals surface area contributed by atoms with Crippen LogP contribution in [0, 0.1) is 0 Å². The second kappa shape index (κ2) is 7.98. The second-order valence-corrected chi connectivity index (χ2v) is 6.32. The zero-order valence-electron chi connectivity index (χ0n) is 12.2. The van der Waals surface area contributed by atoms with Crippen molar-refractivity contribution in [1.29, 1.82) is 0 Å². The molecule has 0 amide bonds. The molecule has 1 unspecified atom stereocenters. The molecule has 0 saturated heterocycles. The number of ether oxygens (including phenoxy) is 1. The number of aromatic nitrogens is 1. The van der Waals surface area contributed by atoms with Gasteiger partial charge in [-0.05, 0) is 39.2 Å². The lowest BCUT2D eigenvalue weighted by Crippen LogP contribution is -2.24. The highest BCUT2D eigenvalue weighted by atomic mass is 32.1. The Kier molecular flexibility index (Phi) is 6.28. The summed E-state index contributed by atoms with van der Waals surface area (Å²) in [5.74, 6) is 0.632. The third kappa shape index (κ3) is 4.26. The molecule has 108 valence electrons. The first-order valence-electron chi connectivity index (χ1n) is 7.62. The number of rotatable bonds is 8. The summed E-state index contributed by atoms with van der Waals surface area (Å²) in [6.07, 6.45) is 6.01. The first-order valence-corrected chi connectivity index (χ1v) is 8.43. The molecule has 1 aliphatic carbocycles. The van der Waals surface area contributed by atoms with Gasteiger partial charge in [-0.1, -0.05) is 6.92 Å². The van der Waals surface area contributed by atoms with Gasteiger partial charge in [0.05, 0.1) is 17.3 Å². The third-order valence-electron chi connectivity index (χ3n) is 3.60. The number of nitrogens with zero attached hydrogens (tertiary/aromatic N) is 1. The predicted molar refractivity (Wildman–Crippen MR) is 81.2 cm³/mol. The van der Waals surface area contributed by atoms with E-state index in [-0.39, 0.29) is 0 Å². The van der Waals surface area contributed by atoms with Gasteiger partial charge in [-0.25, -0.2) is 4.98 Å². The zero-order valence-corrected chi connectivity index (χ0v) is 13.0. The Morgan fingerprint density at radius 3 is 3.11 bits per heavy atom. The van der Waals surface area contributed by atoms with E-state index in [4.69, 9.17) is 9.72 Å². The molecule has 2 rings (SSSR count). The molecule has 19 heavy (non-hydrogen) atoms. The molecule has 1 atom stereocenters. The Hall–Kier alpha value is -0.450. The van der Waals surface area contributed by atoms with E-state index in [1.54, 1.807) is 0 Å². The van der Waals surface area contributed by atoms with Crippen molar-refractivity contribution in [2.24, 2.45) is 0 Å². The maximum Gasteiger partial charge on any atom is 0.0954 e. The predicted octanol–water partition coefficient (Wildman–Crippen LogP) is 3.14. The van der Waals surface area contributed by atoms with Crippen molar-refractivity contribution in [3.8, 4) is 0 Å². The molecule has 1 heterocycles. The minimum atomic E-state index is 0.632. The summed E-state index contributed by atoms with van der Waals surface area (Å²) >= 11 is 1.91. The van der Waals surface area contributed by atoms with E-state index >= 15 is 0 Å². The van der Waals surface area contributed by atoms with Crippen LogP contribution < -0.4 is 5.32 Å². The van der Waals surface area contributed by atoms with E-state index in [9.17, 15) is 0 Å². The Morgan fingerprint density at radius 1 is 1.42 bits per heavy atom. The molecule has 0 radical (unpaired) electrons. The highest BCUT2D eigenvalue weighted by molar-refractivity contribution is 7.11. The molecule has 0 spiro atoms. The van der Waals surface area contributed by atoms with Gasteiger partial charge in [-0.2, -0.15) is 0 Å². The van der Waals surface area contributed by atoms with Crippen molar-refractivity contribution in [1.82, 2.24) is 10.3 Å². The zero-order chi connectivity index (χ0) is 13.5. The SMILES string of the molecule is CCCNCC1CCCc2sc(CCOCC)nc21.